The van der Waals surface area contributed by atoms with Crippen LogP contribution in [0.4, 0.5) is 0 Å². The molecule has 0 aromatic carbocycles. The summed E-state index contributed by atoms with van der Waals surface area (Å²) in [6, 6.07) is 0. The lowest BCUT2D eigenvalue weighted by Crippen LogP contribution is -2.62. The molecule has 5 rings (SSSR count). The first-order valence-corrected chi connectivity index (χ1v) is 14.0. The number of aliphatic hydroxyl groups excluding tert-OH is 3. The van der Waals surface area contributed by atoms with Gasteiger partial charge in [-0.1, -0.05) is 34.3 Å². The molecule has 0 aliphatic heterocycles. The molecule has 4 nitrogen and oxygen atoms in total. The Labute approximate surface area is 206 Å². The van der Waals surface area contributed by atoms with Gasteiger partial charge in [0.2, 0.25) is 0 Å². The molecule has 34 heavy (non-hydrogen) atoms. The number of rotatable bonds is 6. The molecule has 5 aliphatic rings. The predicted molar refractivity (Wildman–Crippen MR) is 134 cm³/mol. The number of fused-ring (bicyclic) bond motifs is 2. The Balaban J connectivity index is 1.42. The molecule has 0 radical (unpaired) electrons. The van der Waals surface area contributed by atoms with Crippen molar-refractivity contribution in [2.75, 3.05) is 6.61 Å². The first kappa shape index (κ1) is 25.0. The molecule has 5 fully saturated rings. The van der Waals surface area contributed by atoms with E-state index in [-0.39, 0.29) is 40.0 Å². The van der Waals surface area contributed by atoms with Crippen LogP contribution in [-0.4, -0.2) is 39.9 Å². The van der Waals surface area contributed by atoms with Gasteiger partial charge in [0.05, 0.1) is 18.8 Å². The van der Waals surface area contributed by atoms with Crippen molar-refractivity contribution in [3.8, 4) is 0 Å². The second-order valence-corrected chi connectivity index (χ2v) is 14.2. The highest BCUT2D eigenvalue weighted by Crippen LogP contribution is 2.89. The summed E-state index contributed by atoms with van der Waals surface area (Å²) in [5, 5.41) is 32.7. The van der Waals surface area contributed by atoms with E-state index in [9.17, 15) is 20.1 Å². The van der Waals surface area contributed by atoms with E-state index in [4.69, 9.17) is 0 Å². The molecule has 11 atom stereocenters. The smallest absolute Gasteiger partial charge is 0.157 e. The van der Waals surface area contributed by atoms with E-state index in [1.807, 2.05) is 6.92 Å². The molecule has 0 heterocycles. The summed E-state index contributed by atoms with van der Waals surface area (Å²) in [6.07, 6.45) is 9.01. The molecule has 0 aromatic rings. The topological polar surface area (TPSA) is 77.8 Å². The van der Waals surface area contributed by atoms with Crippen LogP contribution in [0.1, 0.15) is 98.8 Å². The van der Waals surface area contributed by atoms with Crippen LogP contribution in [0.3, 0.4) is 0 Å². The van der Waals surface area contributed by atoms with E-state index in [1.165, 1.54) is 25.7 Å². The third kappa shape index (κ3) is 2.80. The maximum absolute atomic E-state index is 12.2. The van der Waals surface area contributed by atoms with Gasteiger partial charge in [0.25, 0.3) is 0 Å². The van der Waals surface area contributed by atoms with E-state index >= 15 is 0 Å². The molecule has 192 valence electrons. The fourth-order valence-electron chi connectivity index (χ4n) is 11.1. The van der Waals surface area contributed by atoms with Crippen LogP contribution in [0.25, 0.3) is 0 Å². The van der Waals surface area contributed by atoms with Crippen LogP contribution in [0.2, 0.25) is 0 Å². The van der Waals surface area contributed by atoms with Crippen LogP contribution in [-0.2, 0) is 4.79 Å². The molecule has 3 N–H and O–H groups in total. The average Bonchev–Trinajstić information content (AvgIpc) is 3.41. The number of ketones is 1. The van der Waals surface area contributed by atoms with Gasteiger partial charge in [0.15, 0.2) is 5.78 Å². The predicted octanol–water partition coefficient (Wildman–Crippen LogP) is 5.29. The highest BCUT2D eigenvalue weighted by Gasteiger charge is 2.84. The van der Waals surface area contributed by atoms with Gasteiger partial charge in [-0.05, 0) is 104 Å². The summed E-state index contributed by atoms with van der Waals surface area (Å²) in [5.41, 5.74) is 0.754. The zero-order valence-electron chi connectivity index (χ0n) is 22.2. The lowest BCUT2D eigenvalue weighted by molar-refractivity contribution is -0.207. The lowest BCUT2D eigenvalue weighted by Gasteiger charge is -2.64. The average molecular weight is 473 g/mol. The summed E-state index contributed by atoms with van der Waals surface area (Å²) < 4.78 is 0. The second kappa shape index (κ2) is 7.65. The monoisotopic (exact) mass is 472 g/mol. The molecule has 0 aromatic heterocycles. The van der Waals surface area contributed by atoms with Crippen molar-refractivity contribution in [1.82, 2.24) is 0 Å². The summed E-state index contributed by atoms with van der Waals surface area (Å²) in [6.45, 7) is 15.2. The third-order valence-corrected chi connectivity index (χ3v) is 13.3. The Morgan fingerprint density at radius 1 is 1.00 bits per heavy atom. The van der Waals surface area contributed by atoms with E-state index in [2.05, 4.69) is 34.3 Å². The number of hydrogen-bond acceptors (Lipinski definition) is 4. The van der Waals surface area contributed by atoms with Gasteiger partial charge >= 0.3 is 0 Å². The molecule has 2 spiro atoms. The van der Waals surface area contributed by atoms with E-state index < -0.39 is 17.6 Å². The minimum absolute atomic E-state index is 0.00548. The Morgan fingerprint density at radius 2 is 1.68 bits per heavy atom. The fraction of sp³-hybridized carbons (Fsp3) is 0.900. The van der Waals surface area contributed by atoms with Crippen molar-refractivity contribution in [3.63, 3.8) is 0 Å². The van der Waals surface area contributed by atoms with Crippen molar-refractivity contribution in [2.45, 2.75) is 111 Å². The highest BCUT2D eigenvalue weighted by atomic mass is 16.3. The van der Waals surface area contributed by atoms with E-state index in [0.29, 0.717) is 36.2 Å². The molecule has 4 heteroatoms. The number of aliphatic hydroxyl groups is 3. The normalized spacial score (nSPS) is 54.3. The first-order chi connectivity index (χ1) is 15.8. The number of carbonyl (C=O) groups excluding carboxylic acids is 1. The minimum Gasteiger partial charge on any atom is -0.396 e. The maximum atomic E-state index is 12.2. The lowest BCUT2D eigenvalue weighted by atomic mass is 9.41. The Morgan fingerprint density at radius 3 is 2.32 bits per heavy atom. The molecule has 5 saturated carbocycles. The van der Waals surface area contributed by atoms with Gasteiger partial charge in [0, 0.05) is 23.7 Å². The second-order valence-electron chi connectivity index (χ2n) is 14.2. The molecule has 5 aliphatic carbocycles. The Kier molecular flexibility index (Phi) is 5.62. The summed E-state index contributed by atoms with van der Waals surface area (Å²) >= 11 is 0. The molecule has 0 bridgehead atoms. The fourth-order valence-corrected chi connectivity index (χ4v) is 11.1. The summed E-state index contributed by atoms with van der Waals surface area (Å²) in [4.78, 5) is 12.2. The quantitative estimate of drug-likeness (QED) is 0.459. The van der Waals surface area contributed by atoms with Crippen molar-refractivity contribution < 1.29 is 20.1 Å². The highest BCUT2D eigenvalue weighted by molar-refractivity contribution is 5.94. The minimum atomic E-state index is -0.625. The van der Waals surface area contributed by atoms with Crippen molar-refractivity contribution in [3.05, 3.63) is 12.2 Å². The summed E-state index contributed by atoms with van der Waals surface area (Å²) in [5.74, 6) is 2.19. The zero-order chi connectivity index (χ0) is 24.9. The standard InChI is InChI=1S/C30H48O4/c1-18(2)21(32)8-7-19(3)20-11-12-28(6)23-10-9-22-26(4,17-31)24(33)15-25(34)30(22)16-29(23,30)14-13-27(20,28)5/h19-20,22-25,31,33-34H,1,7-17H2,2-6H3/t19?,20-,22+,23+,24+,25+,26+,27-,28+,29+,30-/m1/s1. The molecule has 0 saturated heterocycles. The third-order valence-electron chi connectivity index (χ3n) is 13.3. The largest absolute Gasteiger partial charge is 0.396 e. The number of allylic oxidation sites excluding steroid dienone is 1. The van der Waals surface area contributed by atoms with Gasteiger partial charge in [-0.2, -0.15) is 0 Å². The van der Waals surface area contributed by atoms with Crippen LogP contribution >= 0.6 is 0 Å². The summed E-state index contributed by atoms with van der Waals surface area (Å²) in [7, 11) is 0. The van der Waals surface area contributed by atoms with E-state index in [0.717, 1.165) is 25.7 Å². The maximum Gasteiger partial charge on any atom is 0.157 e. The van der Waals surface area contributed by atoms with Crippen molar-refractivity contribution >= 4 is 5.78 Å². The Bertz CT molecular complexity index is 883. The van der Waals surface area contributed by atoms with Gasteiger partial charge in [0.1, 0.15) is 0 Å². The zero-order valence-corrected chi connectivity index (χ0v) is 22.2. The van der Waals surface area contributed by atoms with Gasteiger partial charge in [-0.15, -0.1) is 0 Å². The number of carbonyl (C=O) groups is 1. The molecule has 1 unspecified atom stereocenters. The SMILES string of the molecule is C=C(C)C(=O)CCC(C)[C@H]1CC[C@@]2(C)[C@@H]3CC[C@H]4[C@](C)(CO)[C@@H](O)C[C@H](O)[C@@]45C[C@@]35CC[C@]12C. The molecular formula is C30H48O4. The van der Waals surface area contributed by atoms with Crippen molar-refractivity contribution in [2.24, 2.45) is 50.7 Å². The number of Topliss-reactive ketones (excluding diaryl/α,β-unsaturated/α-hetero) is 1. The molecular weight excluding hydrogens is 424 g/mol. The first-order valence-electron chi connectivity index (χ1n) is 14.0. The van der Waals surface area contributed by atoms with Gasteiger partial charge in [-0.25, -0.2) is 0 Å². The van der Waals surface area contributed by atoms with Crippen molar-refractivity contribution in [1.29, 1.82) is 0 Å². The van der Waals surface area contributed by atoms with Crippen LogP contribution < -0.4 is 0 Å². The van der Waals surface area contributed by atoms with Crippen LogP contribution in [0.5, 0.6) is 0 Å². The van der Waals surface area contributed by atoms with Gasteiger partial charge < -0.3 is 15.3 Å². The van der Waals surface area contributed by atoms with E-state index in [1.54, 1.807) is 0 Å². The molecule has 0 amide bonds. The number of hydrogen-bond donors (Lipinski definition) is 3. The Hall–Kier alpha value is -0.710. The van der Waals surface area contributed by atoms with Crippen LogP contribution in [0, 0.1) is 50.7 Å². The van der Waals surface area contributed by atoms with Gasteiger partial charge in [-0.3, -0.25) is 4.79 Å². The van der Waals surface area contributed by atoms with Crippen LogP contribution in [0.15, 0.2) is 12.2 Å².